The molecule has 116 valence electrons. The number of hydrogen-bond donors (Lipinski definition) is 1. The lowest BCUT2D eigenvalue weighted by Gasteiger charge is -2.09. The summed E-state index contributed by atoms with van der Waals surface area (Å²) in [6.45, 7) is 2.23. The van der Waals surface area contributed by atoms with E-state index in [0.29, 0.717) is 0 Å². The molecule has 0 aliphatic rings. The molecule has 0 fully saturated rings. The minimum absolute atomic E-state index is 0.159. The molecule has 0 bridgehead atoms. The highest BCUT2D eigenvalue weighted by atomic mass is 32.2. The third kappa shape index (κ3) is 5.00. The first-order valence-electron chi connectivity index (χ1n) is 6.96. The van der Waals surface area contributed by atoms with E-state index in [4.69, 9.17) is 5.11 Å². The van der Waals surface area contributed by atoms with Gasteiger partial charge in [-0.2, -0.15) is 0 Å². The van der Waals surface area contributed by atoms with Gasteiger partial charge in [0.2, 0.25) is 0 Å². The normalized spacial score (nSPS) is 13.3. The number of benzene rings is 2. The standard InChI is InChI=1S/C17H19NO3S/c1-14-7-9-16(10-8-14)12-22(21,13-17(19)20)18-11-15-5-3-2-4-6-15/h2-10H,11-13H2,1H3,(H,19,20). The van der Waals surface area contributed by atoms with Gasteiger partial charge in [0.1, 0.15) is 5.75 Å². The van der Waals surface area contributed by atoms with E-state index in [9.17, 15) is 9.00 Å². The Hall–Kier alpha value is -2.14. The number of nitrogens with zero attached hydrogens (tertiary/aromatic N) is 1. The van der Waals surface area contributed by atoms with Crippen LogP contribution in [0.3, 0.4) is 0 Å². The van der Waals surface area contributed by atoms with Crippen molar-refractivity contribution in [2.24, 2.45) is 4.36 Å². The minimum atomic E-state index is -2.83. The zero-order valence-electron chi connectivity index (χ0n) is 12.4. The summed E-state index contributed by atoms with van der Waals surface area (Å²) in [6, 6.07) is 17.0. The molecule has 4 nitrogen and oxygen atoms in total. The van der Waals surface area contributed by atoms with Crippen molar-refractivity contribution in [3.8, 4) is 0 Å². The molecule has 2 aromatic rings. The maximum Gasteiger partial charge on any atom is 0.317 e. The second-order valence-electron chi connectivity index (χ2n) is 5.21. The van der Waals surface area contributed by atoms with Gasteiger partial charge in [-0.25, -0.2) is 8.57 Å². The molecule has 1 unspecified atom stereocenters. The smallest absolute Gasteiger partial charge is 0.317 e. The quantitative estimate of drug-likeness (QED) is 0.889. The molecule has 5 heteroatoms. The van der Waals surface area contributed by atoms with Crippen molar-refractivity contribution in [3.05, 3.63) is 71.3 Å². The molecular formula is C17H19NO3S. The van der Waals surface area contributed by atoms with E-state index in [2.05, 4.69) is 4.36 Å². The first-order valence-corrected chi connectivity index (χ1v) is 8.82. The molecule has 0 heterocycles. The Morgan fingerprint density at radius 3 is 2.27 bits per heavy atom. The molecule has 0 spiro atoms. The molecule has 2 rings (SSSR count). The lowest BCUT2D eigenvalue weighted by Crippen LogP contribution is -2.17. The fourth-order valence-corrected chi connectivity index (χ4v) is 3.82. The van der Waals surface area contributed by atoms with Gasteiger partial charge in [-0.1, -0.05) is 60.2 Å². The summed E-state index contributed by atoms with van der Waals surface area (Å²) in [6.07, 6.45) is 0. The van der Waals surface area contributed by atoms with Crippen molar-refractivity contribution in [2.75, 3.05) is 5.75 Å². The Morgan fingerprint density at radius 2 is 1.68 bits per heavy atom. The van der Waals surface area contributed by atoms with Crippen molar-refractivity contribution in [3.63, 3.8) is 0 Å². The molecule has 1 N–H and O–H groups in total. The zero-order valence-corrected chi connectivity index (χ0v) is 13.3. The monoisotopic (exact) mass is 317 g/mol. The van der Waals surface area contributed by atoms with Gasteiger partial charge >= 0.3 is 5.97 Å². The van der Waals surface area contributed by atoms with Gasteiger partial charge < -0.3 is 5.11 Å². The van der Waals surface area contributed by atoms with Crippen LogP contribution in [0.4, 0.5) is 0 Å². The SMILES string of the molecule is Cc1ccc(CS(=O)(CC(=O)O)=NCc2ccccc2)cc1. The van der Waals surface area contributed by atoms with Crippen LogP contribution in [0.5, 0.6) is 0 Å². The van der Waals surface area contributed by atoms with E-state index >= 15 is 0 Å². The topological polar surface area (TPSA) is 66.7 Å². The van der Waals surface area contributed by atoms with Crippen LogP contribution in [0.25, 0.3) is 0 Å². The Kier molecular flexibility index (Phi) is 5.33. The van der Waals surface area contributed by atoms with E-state index in [1.54, 1.807) is 0 Å². The predicted octanol–water partition coefficient (Wildman–Crippen LogP) is 3.25. The fourth-order valence-electron chi connectivity index (χ4n) is 2.06. The Morgan fingerprint density at radius 1 is 1.05 bits per heavy atom. The van der Waals surface area contributed by atoms with Gasteiger partial charge in [-0.05, 0) is 18.1 Å². The average molecular weight is 317 g/mol. The summed E-state index contributed by atoms with van der Waals surface area (Å²) in [7, 11) is -2.83. The van der Waals surface area contributed by atoms with Crippen molar-refractivity contribution < 1.29 is 14.1 Å². The van der Waals surface area contributed by atoms with Crippen LogP contribution in [0.2, 0.25) is 0 Å². The average Bonchev–Trinajstić information content (AvgIpc) is 2.48. The number of rotatable bonds is 6. The van der Waals surface area contributed by atoms with Gasteiger partial charge in [0.15, 0.2) is 0 Å². The number of carboxylic acids is 1. The van der Waals surface area contributed by atoms with E-state index in [-0.39, 0.29) is 12.3 Å². The third-order valence-corrected chi connectivity index (χ3v) is 5.27. The third-order valence-electron chi connectivity index (χ3n) is 3.19. The molecular weight excluding hydrogens is 298 g/mol. The molecule has 0 radical (unpaired) electrons. The first kappa shape index (κ1) is 16.2. The summed E-state index contributed by atoms with van der Waals surface area (Å²) in [5.74, 6) is -1.37. The van der Waals surface area contributed by atoms with Gasteiger partial charge in [0.25, 0.3) is 0 Å². The van der Waals surface area contributed by atoms with Crippen LogP contribution >= 0.6 is 0 Å². The Labute approximate surface area is 131 Å². The van der Waals surface area contributed by atoms with Crippen LogP contribution < -0.4 is 0 Å². The van der Waals surface area contributed by atoms with Crippen molar-refractivity contribution in [2.45, 2.75) is 19.2 Å². The molecule has 1 atom stereocenters. The van der Waals surface area contributed by atoms with Crippen LogP contribution in [-0.2, 0) is 26.8 Å². The summed E-state index contributed by atoms with van der Waals surface area (Å²) in [5, 5.41) is 9.03. The van der Waals surface area contributed by atoms with Crippen molar-refractivity contribution in [1.29, 1.82) is 0 Å². The molecule has 0 amide bonds. The van der Waals surface area contributed by atoms with Crippen molar-refractivity contribution in [1.82, 2.24) is 0 Å². The van der Waals surface area contributed by atoms with Gasteiger partial charge in [0.05, 0.1) is 22.0 Å². The molecule has 0 aliphatic heterocycles. The van der Waals surface area contributed by atoms with E-state index < -0.39 is 21.5 Å². The van der Waals surface area contributed by atoms with Crippen LogP contribution in [-0.4, -0.2) is 21.0 Å². The van der Waals surface area contributed by atoms with E-state index in [1.165, 1.54) is 0 Å². The Balaban J connectivity index is 2.24. The number of aryl methyl sites for hydroxylation is 1. The van der Waals surface area contributed by atoms with Gasteiger partial charge in [-0.15, -0.1) is 0 Å². The maximum atomic E-state index is 12.9. The summed E-state index contributed by atoms with van der Waals surface area (Å²) in [5.41, 5.74) is 2.87. The molecule has 2 aromatic carbocycles. The molecule has 0 aromatic heterocycles. The van der Waals surface area contributed by atoms with Gasteiger partial charge in [0, 0.05) is 0 Å². The van der Waals surface area contributed by atoms with Crippen LogP contribution in [0, 0.1) is 6.92 Å². The largest absolute Gasteiger partial charge is 0.481 e. The molecule has 0 saturated heterocycles. The number of aliphatic carboxylic acids is 1. The minimum Gasteiger partial charge on any atom is -0.481 e. The number of hydrogen-bond acceptors (Lipinski definition) is 3. The lowest BCUT2D eigenvalue weighted by molar-refractivity contribution is -0.134. The molecule has 0 saturated carbocycles. The molecule has 22 heavy (non-hydrogen) atoms. The van der Waals surface area contributed by atoms with Crippen molar-refractivity contribution >= 4 is 15.7 Å². The summed E-state index contributed by atoms with van der Waals surface area (Å²) < 4.78 is 17.1. The maximum absolute atomic E-state index is 12.9. The second kappa shape index (κ2) is 7.22. The fraction of sp³-hybridized carbons (Fsp3) is 0.235. The first-order chi connectivity index (χ1) is 10.5. The molecule has 0 aliphatic carbocycles. The van der Waals surface area contributed by atoms with E-state index in [1.807, 2.05) is 61.5 Å². The van der Waals surface area contributed by atoms with Gasteiger partial charge in [-0.3, -0.25) is 4.79 Å². The highest BCUT2D eigenvalue weighted by Gasteiger charge is 2.15. The lowest BCUT2D eigenvalue weighted by atomic mass is 10.2. The zero-order chi connectivity index (χ0) is 16.0. The van der Waals surface area contributed by atoms with Crippen LogP contribution in [0.15, 0.2) is 59.0 Å². The summed E-state index contributed by atoms with van der Waals surface area (Å²) >= 11 is 0. The highest BCUT2D eigenvalue weighted by molar-refractivity contribution is 7.93. The van der Waals surface area contributed by atoms with E-state index in [0.717, 1.165) is 16.7 Å². The Bertz CT molecular complexity index is 745. The highest BCUT2D eigenvalue weighted by Crippen LogP contribution is 2.13. The van der Waals surface area contributed by atoms with Crippen LogP contribution in [0.1, 0.15) is 16.7 Å². The second-order valence-corrected chi connectivity index (χ2v) is 7.59. The number of carboxylic acid groups (broad SMARTS) is 1. The summed E-state index contributed by atoms with van der Waals surface area (Å²) in [4.78, 5) is 11.0. The predicted molar refractivity (Wildman–Crippen MR) is 88.1 cm³/mol. The number of carbonyl (C=O) groups is 1.